The maximum atomic E-state index is 13.9. The third-order valence-electron chi connectivity index (χ3n) is 7.60. The lowest BCUT2D eigenvalue weighted by molar-refractivity contribution is 0.461. The lowest BCUT2D eigenvalue weighted by Crippen LogP contribution is -2.28. The number of anilines is 2. The average molecular weight is 597 g/mol. The van der Waals surface area contributed by atoms with Crippen molar-refractivity contribution in [2.45, 2.75) is 37.1 Å². The number of ether oxygens (including phenoxy) is 1. The zero-order chi connectivity index (χ0) is 30.0. The lowest BCUT2D eigenvalue weighted by atomic mass is 9.92. The summed E-state index contributed by atoms with van der Waals surface area (Å²) in [6, 6.07) is 20.2. The molecular weight excluding hydrogens is 564 g/mol. The predicted molar refractivity (Wildman–Crippen MR) is 166 cm³/mol. The quantitative estimate of drug-likeness (QED) is 0.256. The van der Waals surface area contributed by atoms with Crippen molar-refractivity contribution >= 4 is 32.5 Å². The highest BCUT2D eigenvalue weighted by Crippen LogP contribution is 2.28. The number of sulfone groups is 1. The molecule has 0 bridgehead atoms. The zero-order valence-corrected chi connectivity index (χ0v) is 24.8. The molecule has 5 aromatic rings. The number of aryl methyl sites for hydroxylation is 1. The standard InChI is InChI=1S/C32H32N6O4S/c1-21-7-3-4-9-27(21)42-28-17-24-19-35-32(36-25-13-11-22(12-14-25)23-8-5-15-33-18-23)37-30(24)38(31(28)39)20-26-29(43(2,40)41)10-6-16-34-26/h3-4,6-7,9-14,16-17,19,23,33H,5,8,15,18,20H2,1-2H3,(H,35,36,37). The van der Waals surface area contributed by atoms with Crippen LogP contribution in [0.5, 0.6) is 11.5 Å². The minimum absolute atomic E-state index is 0.0425. The molecule has 0 amide bonds. The molecule has 10 nitrogen and oxygen atoms in total. The minimum Gasteiger partial charge on any atom is -0.451 e. The first kappa shape index (κ1) is 28.5. The number of rotatable bonds is 8. The Labute approximate surface area is 249 Å². The van der Waals surface area contributed by atoms with Crippen molar-refractivity contribution in [3.8, 4) is 11.5 Å². The fourth-order valence-corrected chi connectivity index (χ4v) is 6.21. The molecule has 1 atom stereocenters. The van der Waals surface area contributed by atoms with E-state index in [4.69, 9.17) is 9.72 Å². The Morgan fingerprint density at radius 1 is 1.05 bits per heavy atom. The second-order valence-corrected chi connectivity index (χ2v) is 12.7. The Morgan fingerprint density at radius 2 is 1.86 bits per heavy atom. The number of nitrogens with zero attached hydrogens (tertiary/aromatic N) is 4. The molecule has 2 aromatic carbocycles. The van der Waals surface area contributed by atoms with Crippen LogP contribution in [0.25, 0.3) is 11.0 Å². The molecule has 0 aliphatic carbocycles. The van der Waals surface area contributed by atoms with Crippen LogP contribution in [0.4, 0.5) is 11.6 Å². The van der Waals surface area contributed by atoms with Gasteiger partial charge in [-0.05, 0) is 79.8 Å². The summed E-state index contributed by atoms with van der Waals surface area (Å²) in [5.41, 5.74) is 3.01. The van der Waals surface area contributed by atoms with Crippen molar-refractivity contribution in [1.82, 2.24) is 24.8 Å². The fraction of sp³-hybridized carbons (Fsp3) is 0.250. The number of nitrogens with one attached hydrogen (secondary N) is 2. The van der Waals surface area contributed by atoms with Crippen LogP contribution in [0.1, 0.15) is 35.6 Å². The largest absolute Gasteiger partial charge is 0.451 e. The first-order chi connectivity index (χ1) is 20.8. The highest BCUT2D eigenvalue weighted by molar-refractivity contribution is 7.90. The first-order valence-corrected chi connectivity index (χ1v) is 16.0. The molecule has 2 N–H and O–H groups in total. The number of fused-ring (bicyclic) bond motifs is 1. The molecular formula is C32H32N6O4S. The van der Waals surface area contributed by atoms with E-state index in [1.807, 2.05) is 37.3 Å². The van der Waals surface area contributed by atoms with Crippen molar-refractivity contribution in [2.75, 3.05) is 24.7 Å². The molecule has 0 saturated carbocycles. The Balaban J connectivity index is 1.40. The van der Waals surface area contributed by atoms with Crippen LogP contribution in [-0.4, -0.2) is 47.3 Å². The van der Waals surface area contributed by atoms with Gasteiger partial charge >= 0.3 is 0 Å². The van der Waals surface area contributed by atoms with E-state index in [1.54, 1.807) is 24.4 Å². The van der Waals surface area contributed by atoms with E-state index in [9.17, 15) is 13.2 Å². The van der Waals surface area contributed by atoms with E-state index < -0.39 is 15.4 Å². The molecule has 0 radical (unpaired) electrons. The third kappa shape index (κ3) is 6.27. The molecule has 1 aliphatic rings. The van der Waals surface area contributed by atoms with E-state index in [-0.39, 0.29) is 22.9 Å². The van der Waals surface area contributed by atoms with Crippen LogP contribution in [0.2, 0.25) is 0 Å². The Bertz CT molecular complexity index is 1950. The van der Waals surface area contributed by atoms with Gasteiger partial charge in [-0.2, -0.15) is 4.98 Å². The number of benzene rings is 2. The maximum absolute atomic E-state index is 13.9. The molecule has 0 spiro atoms. The highest BCUT2D eigenvalue weighted by Gasteiger charge is 2.20. The van der Waals surface area contributed by atoms with Gasteiger partial charge in [0, 0.05) is 36.3 Å². The lowest BCUT2D eigenvalue weighted by Gasteiger charge is -2.23. The first-order valence-electron chi connectivity index (χ1n) is 14.1. The van der Waals surface area contributed by atoms with Crippen molar-refractivity contribution < 1.29 is 13.2 Å². The van der Waals surface area contributed by atoms with Gasteiger partial charge in [-0.1, -0.05) is 30.3 Å². The van der Waals surface area contributed by atoms with Crippen molar-refractivity contribution in [3.63, 3.8) is 0 Å². The molecule has 1 saturated heterocycles. The van der Waals surface area contributed by atoms with Gasteiger partial charge in [-0.15, -0.1) is 0 Å². The molecule has 1 unspecified atom stereocenters. The second-order valence-electron chi connectivity index (χ2n) is 10.8. The van der Waals surface area contributed by atoms with Gasteiger partial charge in [0.1, 0.15) is 11.4 Å². The molecule has 1 fully saturated rings. The van der Waals surface area contributed by atoms with E-state index in [0.29, 0.717) is 28.6 Å². The predicted octanol–water partition coefficient (Wildman–Crippen LogP) is 4.95. The van der Waals surface area contributed by atoms with Gasteiger partial charge in [-0.3, -0.25) is 14.3 Å². The fourth-order valence-electron chi connectivity index (χ4n) is 5.34. The van der Waals surface area contributed by atoms with Crippen molar-refractivity contribution in [2.24, 2.45) is 0 Å². The van der Waals surface area contributed by atoms with Gasteiger partial charge in [-0.25, -0.2) is 13.4 Å². The zero-order valence-electron chi connectivity index (χ0n) is 23.9. The van der Waals surface area contributed by atoms with Crippen molar-refractivity contribution in [1.29, 1.82) is 0 Å². The summed E-state index contributed by atoms with van der Waals surface area (Å²) in [4.78, 5) is 27.4. The van der Waals surface area contributed by atoms with Crippen LogP contribution in [0.15, 0.2) is 88.8 Å². The van der Waals surface area contributed by atoms with E-state index in [2.05, 4.69) is 32.7 Å². The van der Waals surface area contributed by atoms with E-state index in [0.717, 1.165) is 37.0 Å². The maximum Gasteiger partial charge on any atom is 0.295 e. The number of aromatic nitrogens is 4. The van der Waals surface area contributed by atoms with Crippen LogP contribution in [0.3, 0.4) is 0 Å². The number of hydrogen-bond donors (Lipinski definition) is 2. The topological polar surface area (TPSA) is 128 Å². The SMILES string of the molecule is Cc1ccccc1Oc1cc2cnc(Nc3ccc(C4CCCNC4)cc3)nc2n(Cc2ncccc2S(C)(=O)=O)c1=O. The number of hydrogen-bond acceptors (Lipinski definition) is 9. The van der Waals surface area contributed by atoms with Gasteiger partial charge in [0.2, 0.25) is 5.95 Å². The normalized spacial score (nSPS) is 15.3. The molecule has 220 valence electrons. The number of para-hydroxylation sites is 1. The summed E-state index contributed by atoms with van der Waals surface area (Å²) in [6.45, 7) is 3.80. The molecule has 3 aromatic heterocycles. The Kier molecular flexibility index (Phi) is 7.92. The molecule has 6 rings (SSSR count). The van der Waals surface area contributed by atoms with E-state index >= 15 is 0 Å². The van der Waals surface area contributed by atoms with Crippen LogP contribution in [-0.2, 0) is 16.4 Å². The smallest absolute Gasteiger partial charge is 0.295 e. The Morgan fingerprint density at radius 3 is 2.60 bits per heavy atom. The molecule has 4 heterocycles. The second kappa shape index (κ2) is 11.9. The Hall–Kier alpha value is -4.61. The monoisotopic (exact) mass is 596 g/mol. The minimum atomic E-state index is -3.60. The van der Waals surface area contributed by atoms with Crippen molar-refractivity contribution in [3.05, 3.63) is 106 Å². The summed E-state index contributed by atoms with van der Waals surface area (Å²) >= 11 is 0. The molecule has 1 aliphatic heterocycles. The van der Waals surface area contributed by atoms with Crippen LogP contribution in [0, 0.1) is 6.92 Å². The summed E-state index contributed by atoms with van der Waals surface area (Å²) in [5, 5.41) is 7.24. The van der Waals surface area contributed by atoms with Crippen LogP contribution < -0.4 is 20.9 Å². The highest BCUT2D eigenvalue weighted by atomic mass is 32.2. The summed E-state index contributed by atoms with van der Waals surface area (Å²) in [6.07, 6.45) is 6.56. The number of pyridine rings is 2. The average Bonchev–Trinajstić information content (AvgIpc) is 3.01. The van der Waals surface area contributed by atoms with Gasteiger partial charge < -0.3 is 15.4 Å². The summed E-state index contributed by atoms with van der Waals surface area (Å²) < 4.78 is 32.5. The van der Waals surface area contributed by atoms with Gasteiger partial charge in [0.15, 0.2) is 15.6 Å². The summed E-state index contributed by atoms with van der Waals surface area (Å²) in [7, 11) is -3.60. The van der Waals surface area contributed by atoms with Crippen LogP contribution >= 0.6 is 0 Å². The van der Waals surface area contributed by atoms with Gasteiger partial charge in [0.05, 0.1) is 17.1 Å². The third-order valence-corrected chi connectivity index (χ3v) is 8.77. The molecule has 43 heavy (non-hydrogen) atoms. The van der Waals surface area contributed by atoms with Gasteiger partial charge in [0.25, 0.3) is 5.56 Å². The molecule has 11 heteroatoms. The number of piperidine rings is 1. The van der Waals surface area contributed by atoms with E-state index in [1.165, 1.54) is 28.8 Å². The summed E-state index contributed by atoms with van der Waals surface area (Å²) in [5.74, 6) is 1.39.